The van der Waals surface area contributed by atoms with Crippen molar-refractivity contribution in [3.05, 3.63) is 42.0 Å². The predicted molar refractivity (Wildman–Crippen MR) is 115 cm³/mol. The van der Waals surface area contributed by atoms with Crippen LogP contribution in [-0.4, -0.2) is 79.8 Å². The summed E-state index contributed by atoms with van der Waals surface area (Å²) < 4.78 is 11.3. The Morgan fingerprint density at radius 2 is 1.75 bits per heavy atom. The molecule has 6 heteroatoms. The summed E-state index contributed by atoms with van der Waals surface area (Å²) in [5.41, 5.74) is 0.776. The molecule has 0 bridgehead atoms. The Balaban J connectivity index is 1.33. The van der Waals surface area contributed by atoms with E-state index in [0.717, 1.165) is 85.9 Å². The molecule has 2 heterocycles. The van der Waals surface area contributed by atoms with Gasteiger partial charge in [-0.05, 0) is 41.5 Å². The average Bonchev–Trinajstić information content (AvgIpc) is 2.77. The highest BCUT2D eigenvalue weighted by molar-refractivity contribution is 7.99. The zero-order chi connectivity index (χ0) is 19.2. The largest absolute Gasteiger partial charge is 0.494 e. The van der Waals surface area contributed by atoms with Crippen molar-refractivity contribution >= 4 is 28.4 Å². The van der Waals surface area contributed by atoms with Crippen LogP contribution in [-0.2, 0) is 4.74 Å². The molecule has 4 rings (SSSR count). The van der Waals surface area contributed by atoms with Gasteiger partial charge in [0.15, 0.2) is 0 Å². The van der Waals surface area contributed by atoms with Gasteiger partial charge in [0.25, 0.3) is 5.91 Å². The molecule has 0 atom stereocenters. The quantitative estimate of drug-likeness (QED) is 0.697. The Morgan fingerprint density at radius 3 is 2.57 bits per heavy atom. The van der Waals surface area contributed by atoms with Crippen LogP contribution in [0.5, 0.6) is 5.75 Å². The summed E-state index contributed by atoms with van der Waals surface area (Å²) in [5.74, 6) is 3.10. The Morgan fingerprint density at radius 1 is 1.00 bits per heavy atom. The first-order chi connectivity index (χ1) is 13.8. The monoisotopic (exact) mass is 400 g/mol. The third kappa shape index (κ3) is 4.99. The van der Waals surface area contributed by atoms with E-state index < -0.39 is 0 Å². The Hall–Kier alpha value is -1.76. The van der Waals surface area contributed by atoms with E-state index >= 15 is 0 Å². The van der Waals surface area contributed by atoms with Crippen LogP contribution < -0.4 is 4.74 Å². The van der Waals surface area contributed by atoms with Gasteiger partial charge in [-0.2, -0.15) is 11.8 Å². The first-order valence-electron chi connectivity index (χ1n) is 10.1. The van der Waals surface area contributed by atoms with Gasteiger partial charge in [-0.1, -0.05) is 12.1 Å². The fraction of sp³-hybridized carbons (Fsp3) is 0.500. The van der Waals surface area contributed by atoms with Crippen molar-refractivity contribution in [2.75, 3.05) is 64.1 Å². The molecule has 2 aromatic carbocycles. The summed E-state index contributed by atoms with van der Waals surface area (Å²) in [5, 5.41) is 2.19. The second-order valence-corrected chi connectivity index (χ2v) is 8.51. The van der Waals surface area contributed by atoms with Gasteiger partial charge in [0, 0.05) is 49.8 Å². The zero-order valence-corrected chi connectivity index (χ0v) is 17.1. The number of hydrogen-bond donors (Lipinski definition) is 0. The first kappa shape index (κ1) is 19.6. The Bertz CT molecular complexity index is 801. The Labute approximate surface area is 171 Å². The van der Waals surface area contributed by atoms with Gasteiger partial charge in [-0.15, -0.1) is 0 Å². The summed E-state index contributed by atoms with van der Waals surface area (Å²) in [6, 6.07) is 12.1. The first-order valence-corrected chi connectivity index (χ1v) is 11.3. The van der Waals surface area contributed by atoms with E-state index in [4.69, 9.17) is 9.47 Å². The van der Waals surface area contributed by atoms with Crippen LogP contribution in [0.4, 0.5) is 0 Å². The van der Waals surface area contributed by atoms with Crippen LogP contribution >= 0.6 is 11.8 Å². The van der Waals surface area contributed by atoms with Crippen molar-refractivity contribution in [3.63, 3.8) is 0 Å². The topological polar surface area (TPSA) is 42.0 Å². The third-order valence-corrected chi connectivity index (χ3v) is 6.29. The van der Waals surface area contributed by atoms with Gasteiger partial charge in [0.1, 0.15) is 5.75 Å². The molecule has 1 amide bonds. The third-order valence-electron chi connectivity index (χ3n) is 5.35. The number of thioether (sulfide) groups is 1. The molecule has 2 saturated heterocycles. The van der Waals surface area contributed by atoms with Crippen molar-refractivity contribution in [2.24, 2.45) is 0 Å². The van der Waals surface area contributed by atoms with Crippen molar-refractivity contribution in [1.82, 2.24) is 9.80 Å². The highest BCUT2D eigenvalue weighted by atomic mass is 32.2. The van der Waals surface area contributed by atoms with Gasteiger partial charge in [0.2, 0.25) is 0 Å². The lowest BCUT2D eigenvalue weighted by molar-refractivity contribution is 0.0358. The summed E-state index contributed by atoms with van der Waals surface area (Å²) in [7, 11) is 0. The molecule has 2 aromatic rings. The van der Waals surface area contributed by atoms with Gasteiger partial charge < -0.3 is 14.4 Å². The second-order valence-electron chi connectivity index (χ2n) is 7.28. The number of hydrogen-bond acceptors (Lipinski definition) is 5. The molecule has 0 N–H and O–H groups in total. The minimum Gasteiger partial charge on any atom is -0.494 e. The fourth-order valence-electron chi connectivity index (χ4n) is 3.70. The molecule has 0 unspecified atom stereocenters. The van der Waals surface area contributed by atoms with Gasteiger partial charge >= 0.3 is 0 Å². The highest BCUT2D eigenvalue weighted by Gasteiger charge is 2.18. The van der Waals surface area contributed by atoms with Crippen LogP contribution in [0.1, 0.15) is 16.8 Å². The lowest BCUT2D eigenvalue weighted by Crippen LogP contribution is -2.37. The lowest BCUT2D eigenvalue weighted by atomic mass is 10.1. The van der Waals surface area contributed by atoms with Gasteiger partial charge in [0.05, 0.1) is 19.8 Å². The zero-order valence-electron chi connectivity index (χ0n) is 16.3. The van der Waals surface area contributed by atoms with Crippen LogP contribution in [0.2, 0.25) is 0 Å². The minimum absolute atomic E-state index is 0.144. The molecular formula is C22H28N2O3S. The molecule has 0 aromatic heterocycles. The van der Waals surface area contributed by atoms with E-state index in [2.05, 4.69) is 17.0 Å². The molecule has 0 aliphatic carbocycles. The smallest absolute Gasteiger partial charge is 0.253 e. The molecule has 2 aliphatic heterocycles. The summed E-state index contributed by atoms with van der Waals surface area (Å²) in [6.07, 6.45) is 1.01. The van der Waals surface area contributed by atoms with Crippen LogP contribution in [0, 0.1) is 0 Å². The number of morpholine rings is 1. The lowest BCUT2D eigenvalue weighted by Gasteiger charge is -2.26. The molecule has 5 nitrogen and oxygen atoms in total. The maximum absolute atomic E-state index is 12.7. The van der Waals surface area contributed by atoms with Gasteiger partial charge in [-0.25, -0.2) is 0 Å². The average molecular weight is 401 g/mol. The number of nitrogens with zero attached hydrogens (tertiary/aromatic N) is 2. The van der Waals surface area contributed by atoms with E-state index in [1.165, 1.54) is 0 Å². The minimum atomic E-state index is 0.144. The normalized spacial score (nSPS) is 18.4. The number of ether oxygens (including phenoxy) is 2. The predicted octanol–water partition coefficient (Wildman–Crippen LogP) is 3.13. The molecule has 0 saturated carbocycles. The van der Waals surface area contributed by atoms with Crippen LogP contribution in [0.15, 0.2) is 36.4 Å². The van der Waals surface area contributed by atoms with E-state index in [1.807, 2.05) is 40.9 Å². The van der Waals surface area contributed by atoms with E-state index in [1.54, 1.807) is 0 Å². The standard InChI is InChI=1S/C22H28N2O3S/c25-22(24-9-14-28-15-10-24)20-3-2-19-17-21(5-4-18(19)16-20)27-11-1-6-23-7-12-26-13-8-23/h2-5,16-17H,1,6-15H2. The van der Waals surface area contributed by atoms with E-state index in [9.17, 15) is 4.79 Å². The maximum atomic E-state index is 12.7. The van der Waals surface area contributed by atoms with Crippen LogP contribution in [0.3, 0.4) is 0 Å². The van der Waals surface area contributed by atoms with Crippen molar-refractivity contribution in [3.8, 4) is 5.75 Å². The molecule has 150 valence electrons. The van der Waals surface area contributed by atoms with Gasteiger partial charge in [-0.3, -0.25) is 9.69 Å². The number of carbonyl (C=O) groups excluding carboxylic acids is 1. The molecule has 0 radical (unpaired) electrons. The Kier molecular flexibility index (Phi) is 6.73. The summed E-state index contributed by atoms with van der Waals surface area (Å²) in [6.45, 7) is 7.18. The van der Waals surface area contributed by atoms with E-state index in [-0.39, 0.29) is 5.91 Å². The number of fused-ring (bicyclic) bond motifs is 1. The van der Waals surface area contributed by atoms with Crippen molar-refractivity contribution in [2.45, 2.75) is 6.42 Å². The number of benzene rings is 2. The molecular weight excluding hydrogens is 372 g/mol. The SMILES string of the molecule is O=C(c1ccc2cc(OCCCN3CCOCC3)ccc2c1)N1CCSCC1. The maximum Gasteiger partial charge on any atom is 0.253 e. The summed E-state index contributed by atoms with van der Waals surface area (Å²) >= 11 is 1.92. The molecule has 28 heavy (non-hydrogen) atoms. The number of amides is 1. The van der Waals surface area contributed by atoms with Crippen molar-refractivity contribution in [1.29, 1.82) is 0 Å². The molecule has 2 fully saturated rings. The van der Waals surface area contributed by atoms with Crippen LogP contribution in [0.25, 0.3) is 10.8 Å². The van der Waals surface area contributed by atoms with E-state index in [0.29, 0.717) is 6.61 Å². The summed E-state index contributed by atoms with van der Waals surface area (Å²) in [4.78, 5) is 17.1. The number of rotatable bonds is 6. The molecule has 2 aliphatic rings. The number of carbonyl (C=O) groups is 1. The second kappa shape index (κ2) is 9.63. The highest BCUT2D eigenvalue weighted by Crippen LogP contribution is 2.23. The fourth-order valence-corrected chi connectivity index (χ4v) is 4.60. The molecule has 0 spiro atoms. The van der Waals surface area contributed by atoms with Crippen molar-refractivity contribution < 1.29 is 14.3 Å².